The molecule has 3 aromatic rings. The lowest BCUT2D eigenvalue weighted by Gasteiger charge is -2.08. The van der Waals surface area contributed by atoms with Crippen molar-refractivity contribution in [1.82, 2.24) is 4.98 Å². The Hall–Kier alpha value is -2.75. The number of ketones is 1. The highest BCUT2D eigenvalue weighted by Gasteiger charge is 2.12. The Morgan fingerprint density at radius 3 is 2.71 bits per heavy atom. The van der Waals surface area contributed by atoms with Gasteiger partial charge in [-0.3, -0.25) is 9.78 Å². The van der Waals surface area contributed by atoms with Crippen molar-refractivity contribution in [3.8, 4) is 5.75 Å². The van der Waals surface area contributed by atoms with Gasteiger partial charge in [-0.05, 0) is 24.3 Å². The maximum Gasteiger partial charge on any atom is 0.203 e. The standard InChI is InChI=1S/C17H12FNO2/c18-14-8-2-1-7-13(14)15(20)11-21-16-9-3-5-12-6-4-10-19-17(12)16/h1-10H,11H2. The maximum atomic E-state index is 13.5. The topological polar surface area (TPSA) is 39.2 Å². The Kier molecular flexibility index (Phi) is 3.60. The molecule has 0 bridgehead atoms. The maximum absolute atomic E-state index is 13.5. The fourth-order valence-corrected chi connectivity index (χ4v) is 2.10. The van der Waals surface area contributed by atoms with Gasteiger partial charge in [-0.25, -0.2) is 4.39 Å². The molecule has 0 fully saturated rings. The summed E-state index contributed by atoms with van der Waals surface area (Å²) in [6, 6.07) is 15.1. The molecule has 0 N–H and O–H groups in total. The lowest BCUT2D eigenvalue weighted by Crippen LogP contribution is -2.13. The minimum atomic E-state index is -0.540. The van der Waals surface area contributed by atoms with Crippen LogP contribution >= 0.6 is 0 Å². The quantitative estimate of drug-likeness (QED) is 0.685. The predicted molar refractivity (Wildman–Crippen MR) is 78.0 cm³/mol. The van der Waals surface area contributed by atoms with Crippen LogP contribution in [-0.4, -0.2) is 17.4 Å². The summed E-state index contributed by atoms with van der Waals surface area (Å²) in [5.74, 6) is -0.430. The van der Waals surface area contributed by atoms with Gasteiger partial charge in [0.05, 0.1) is 5.56 Å². The van der Waals surface area contributed by atoms with Crippen LogP contribution in [0.4, 0.5) is 4.39 Å². The lowest BCUT2D eigenvalue weighted by molar-refractivity contribution is 0.0918. The van der Waals surface area contributed by atoms with Crippen LogP contribution in [0.1, 0.15) is 10.4 Å². The fraction of sp³-hybridized carbons (Fsp3) is 0.0588. The minimum absolute atomic E-state index is 0.0331. The molecule has 0 aliphatic rings. The summed E-state index contributed by atoms with van der Waals surface area (Å²) < 4.78 is 19.0. The number of fused-ring (bicyclic) bond motifs is 1. The predicted octanol–water partition coefficient (Wildman–Crippen LogP) is 3.64. The summed E-state index contributed by atoms with van der Waals surface area (Å²) in [6.45, 7) is -0.226. The van der Waals surface area contributed by atoms with E-state index < -0.39 is 11.6 Å². The van der Waals surface area contributed by atoms with Crippen LogP contribution in [0, 0.1) is 5.82 Å². The second-order valence-electron chi connectivity index (χ2n) is 4.52. The van der Waals surface area contributed by atoms with E-state index in [1.807, 2.05) is 24.3 Å². The monoisotopic (exact) mass is 281 g/mol. The van der Waals surface area contributed by atoms with Gasteiger partial charge < -0.3 is 4.74 Å². The number of hydrogen-bond donors (Lipinski definition) is 0. The lowest BCUT2D eigenvalue weighted by atomic mass is 10.1. The van der Waals surface area contributed by atoms with Crippen molar-refractivity contribution in [2.75, 3.05) is 6.61 Å². The fourth-order valence-electron chi connectivity index (χ4n) is 2.10. The van der Waals surface area contributed by atoms with E-state index in [1.54, 1.807) is 24.4 Å². The number of halogens is 1. The molecule has 0 aliphatic heterocycles. The van der Waals surface area contributed by atoms with Crippen LogP contribution in [-0.2, 0) is 0 Å². The summed E-state index contributed by atoms with van der Waals surface area (Å²) in [5.41, 5.74) is 0.715. The number of hydrogen-bond acceptors (Lipinski definition) is 3. The third-order valence-electron chi connectivity index (χ3n) is 3.13. The number of nitrogens with zero attached hydrogens (tertiary/aromatic N) is 1. The van der Waals surface area contributed by atoms with Crippen LogP contribution in [0.15, 0.2) is 60.8 Å². The van der Waals surface area contributed by atoms with Crippen LogP contribution in [0.2, 0.25) is 0 Å². The Labute approximate surface area is 121 Å². The van der Waals surface area contributed by atoms with Gasteiger partial charge in [0.15, 0.2) is 6.61 Å². The van der Waals surface area contributed by atoms with Crippen molar-refractivity contribution in [2.45, 2.75) is 0 Å². The Balaban J connectivity index is 1.81. The van der Waals surface area contributed by atoms with Gasteiger partial charge in [-0.15, -0.1) is 0 Å². The molecule has 3 rings (SSSR count). The molecule has 0 atom stereocenters. The van der Waals surface area contributed by atoms with E-state index in [9.17, 15) is 9.18 Å². The molecule has 2 aromatic carbocycles. The number of benzene rings is 2. The summed E-state index contributed by atoms with van der Waals surface area (Å²) in [7, 11) is 0. The number of ether oxygens (including phenoxy) is 1. The Morgan fingerprint density at radius 2 is 1.86 bits per heavy atom. The van der Waals surface area contributed by atoms with E-state index in [0.717, 1.165) is 5.39 Å². The molecule has 0 aliphatic carbocycles. The molecule has 4 heteroatoms. The van der Waals surface area contributed by atoms with Gasteiger partial charge in [0, 0.05) is 11.6 Å². The largest absolute Gasteiger partial charge is 0.483 e. The van der Waals surface area contributed by atoms with Crippen LogP contribution < -0.4 is 4.74 Å². The van der Waals surface area contributed by atoms with Crippen molar-refractivity contribution >= 4 is 16.7 Å². The van der Waals surface area contributed by atoms with Gasteiger partial charge in [0.25, 0.3) is 0 Å². The van der Waals surface area contributed by atoms with Crippen molar-refractivity contribution in [1.29, 1.82) is 0 Å². The molecule has 0 amide bonds. The smallest absolute Gasteiger partial charge is 0.203 e. The molecule has 0 saturated heterocycles. The number of pyridine rings is 1. The van der Waals surface area contributed by atoms with Crippen molar-refractivity contribution in [3.63, 3.8) is 0 Å². The molecular formula is C17H12FNO2. The first-order valence-electron chi connectivity index (χ1n) is 6.50. The number of rotatable bonds is 4. The molecule has 104 valence electrons. The summed E-state index contributed by atoms with van der Waals surface area (Å²) >= 11 is 0. The molecule has 3 nitrogen and oxygen atoms in total. The molecule has 1 heterocycles. The first-order valence-corrected chi connectivity index (χ1v) is 6.50. The number of Topliss-reactive ketones (excluding diaryl/α,β-unsaturated/α-hetero) is 1. The van der Waals surface area contributed by atoms with Crippen molar-refractivity contribution < 1.29 is 13.9 Å². The van der Waals surface area contributed by atoms with Crippen LogP contribution in [0.25, 0.3) is 10.9 Å². The highest BCUT2D eigenvalue weighted by molar-refractivity contribution is 5.97. The highest BCUT2D eigenvalue weighted by atomic mass is 19.1. The number of carbonyl (C=O) groups is 1. The third-order valence-corrected chi connectivity index (χ3v) is 3.13. The molecular weight excluding hydrogens is 269 g/mol. The zero-order valence-electron chi connectivity index (χ0n) is 11.1. The average Bonchev–Trinajstić information content (AvgIpc) is 2.53. The number of para-hydroxylation sites is 1. The van der Waals surface area contributed by atoms with Crippen molar-refractivity contribution in [2.24, 2.45) is 0 Å². The van der Waals surface area contributed by atoms with E-state index >= 15 is 0 Å². The summed E-state index contributed by atoms with van der Waals surface area (Å²) in [6.07, 6.45) is 1.66. The second-order valence-corrected chi connectivity index (χ2v) is 4.52. The molecule has 0 saturated carbocycles. The highest BCUT2D eigenvalue weighted by Crippen LogP contribution is 2.23. The SMILES string of the molecule is O=C(COc1cccc2cccnc12)c1ccccc1F. The second kappa shape index (κ2) is 5.71. The van der Waals surface area contributed by atoms with E-state index in [1.165, 1.54) is 12.1 Å². The average molecular weight is 281 g/mol. The zero-order valence-corrected chi connectivity index (χ0v) is 11.1. The summed E-state index contributed by atoms with van der Waals surface area (Å²) in [5, 5.41) is 0.924. The Morgan fingerprint density at radius 1 is 1.05 bits per heavy atom. The molecule has 0 radical (unpaired) electrons. The molecule has 0 spiro atoms. The van der Waals surface area contributed by atoms with E-state index in [2.05, 4.69) is 4.98 Å². The third kappa shape index (κ3) is 2.74. The van der Waals surface area contributed by atoms with Crippen molar-refractivity contribution in [3.05, 3.63) is 72.2 Å². The van der Waals surface area contributed by atoms with E-state index in [4.69, 9.17) is 4.74 Å². The zero-order chi connectivity index (χ0) is 14.7. The number of aromatic nitrogens is 1. The first kappa shape index (κ1) is 13.2. The normalized spacial score (nSPS) is 10.5. The molecule has 0 unspecified atom stereocenters. The van der Waals surface area contributed by atoms with Crippen LogP contribution in [0.5, 0.6) is 5.75 Å². The molecule has 21 heavy (non-hydrogen) atoms. The van der Waals surface area contributed by atoms with Gasteiger partial charge in [0.1, 0.15) is 17.1 Å². The number of carbonyl (C=O) groups excluding carboxylic acids is 1. The van der Waals surface area contributed by atoms with Gasteiger partial charge in [-0.2, -0.15) is 0 Å². The first-order chi connectivity index (χ1) is 10.3. The van der Waals surface area contributed by atoms with E-state index in [0.29, 0.717) is 11.3 Å². The molecule has 1 aromatic heterocycles. The van der Waals surface area contributed by atoms with Crippen LogP contribution in [0.3, 0.4) is 0 Å². The Bertz CT molecular complexity index is 796. The summed E-state index contributed by atoms with van der Waals surface area (Å²) in [4.78, 5) is 16.2. The van der Waals surface area contributed by atoms with Gasteiger partial charge >= 0.3 is 0 Å². The van der Waals surface area contributed by atoms with Gasteiger partial charge in [0.2, 0.25) is 5.78 Å². The van der Waals surface area contributed by atoms with Gasteiger partial charge in [-0.1, -0.05) is 30.3 Å². The van der Waals surface area contributed by atoms with E-state index in [-0.39, 0.29) is 12.2 Å². The minimum Gasteiger partial charge on any atom is -0.483 e.